The molecule has 2 aromatic rings. The van der Waals surface area contributed by atoms with Crippen molar-refractivity contribution >= 4 is 50.7 Å². The predicted octanol–water partition coefficient (Wildman–Crippen LogP) is 3.24. The van der Waals surface area contributed by atoms with Crippen molar-refractivity contribution in [2.45, 2.75) is 33.2 Å². The van der Waals surface area contributed by atoms with Gasteiger partial charge in [0.1, 0.15) is 27.7 Å². The second-order valence-electron chi connectivity index (χ2n) is 7.27. The molecule has 0 radical (unpaired) electrons. The smallest absolute Gasteiger partial charge is 0.191 e. The molecule has 1 aliphatic rings. The Morgan fingerprint density at radius 2 is 1.96 bits per heavy atom. The molecule has 1 heterocycles. The molecule has 0 spiro atoms. The highest BCUT2D eigenvalue weighted by Gasteiger charge is 2.45. The number of rotatable bonds is 7. The Morgan fingerprint density at radius 1 is 1.26 bits per heavy atom. The fourth-order valence-electron chi connectivity index (χ4n) is 3.24. The van der Waals surface area contributed by atoms with E-state index < -0.39 is 9.84 Å². The summed E-state index contributed by atoms with van der Waals surface area (Å²) < 4.78 is 29.1. The van der Waals surface area contributed by atoms with Crippen molar-refractivity contribution in [2.24, 2.45) is 10.4 Å². The van der Waals surface area contributed by atoms with Crippen LogP contribution in [-0.4, -0.2) is 39.5 Å². The minimum Gasteiger partial charge on any atom is -0.459 e. The molecule has 1 fully saturated rings. The van der Waals surface area contributed by atoms with Crippen molar-refractivity contribution in [1.29, 1.82) is 0 Å². The van der Waals surface area contributed by atoms with Crippen LogP contribution in [0.4, 0.5) is 0 Å². The third-order valence-electron chi connectivity index (χ3n) is 4.82. The number of benzene rings is 1. The van der Waals surface area contributed by atoms with Gasteiger partial charge in [0.05, 0.1) is 5.75 Å². The zero-order chi connectivity index (χ0) is 18.8. The molecular formula is C19H28IN3O3S. The van der Waals surface area contributed by atoms with E-state index in [1.54, 1.807) is 0 Å². The van der Waals surface area contributed by atoms with Crippen molar-refractivity contribution in [1.82, 2.24) is 10.6 Å². The molecule has 1 aromatic carbocycles. The summed E-state index contributed by atoms with van der Waals surface area (Å²) in [5, 5.41) is 7.63. The van der Waals surface area contributed by atoms with E-state index in [0.29, 0.717) is 19.0 Å². The first-order chi connectivity index (χ1) is 12.3. The van der Waals surface area contributed by atoms with Crippen LogP contribution in [0, 0.1) is 12.3 Å². The Hall–Kier alpha value is -1.29. The number of nitrogens with one attached hydrogen (secondary N) is 2. The number of halogens is 1. The molecule has 0 amide bonds. The minimum atomic E-state index is -2.97. The SMILES string of the molecule is CCNC(=NCc1oc2ccccc2c1C)NCC1(CS(C)(=O)=O)CC1.I. The lowest BCUT2D eigenvalue weighted by Gasteiger charge is -2.17. The number of guanidine groups is 1. The highest BCUT2D eigenvalue weighted by Crippen LogP contribution is 2.46. The standard InChI is InChI=1S/C19H27N3O3S.HI/c1-4-20-18(22-12-19(9-10-19)13-26(3,23)24)21-11-17-14(2)15-7-5-6-8-16(15)25-17;/h5-8H,4,9-13H2,1-3H3,(H2,20,21,22);1H. The van der Waals surface area contributed by atoms with E-state index in [1.807, 2.05) is 38.1 Å². The van der Waals surface area contributed by atoms with Crippen molar-refractivity contribution in [3.63, 3.8) is 0 Å². The second kappa shape index (κ2) is 8.81. The maximum atomic E-state index is 11.6. The highest BCUT2D eigenvalue weighted by molar-refractivity contribution is 14.0. The van der Waals surface area contributed by atoms with Gasteiger partial charge in [0.25, 0.3) is 0 Å². The third kappa shape index (κ3) is 5.84. The van der Waals surface area contributed by atoms with Gasteiger partial charge >= 0.3 is 0 Å². The van der Waals surface area contributed by atoms with E-state index in [4.69, 9.17) is 4.42 Å². The predicted molar refractivity (Wildman–Crippen MR) is 121 cm³/mol. The molecule has 1 aromatic heterocycles. The summed E-state index contributed by atoms with van der Waals surface area (Å²) in [5.41, 5.74) is 1.84. The van der Waals surface area contributed by atoms with Gasteiger partial charge in [-0.2, -0.15) is 0 Å². The summed E-state index contributed by atoms with van der Waals surface area (Å²) in [4.78, 5) is 4.62. The molecule has 0 saturated heterocycles. The molecule has 0 unspecified atom stereocenters. The summed E-state index contributed by atoms with van der Waals surface area (Å²) in [6, 6.07) is 7.97. The van der Waals surface area contributed by atoms with Crippen LogP contribution in [0.15, 0.2) is 33.7 Å². The average molecular weight is 505 g/mol. The van der Waals surface area contributed by atoms with Crippen molar-refractivity contribution in [3.05, 3.63) is 35.6 Å². The van der Waals surface area contributed by atoms with Crippen LogP contribution >= 0.6 is 24.0 Å². The van der Waals surface area contributed by atoms with Crippen LogP contribution in [0.2, 0.25) is 0 Å². The lowest BCUT2D eigenvalue weighted by Crippen LogP contribution is -2.41. The van der Waals surface area contributed by atoms with Crippen LogP contribution in [0.1, 0.15) is 31.1 Å². The molecule has 8 heteroatoms. The summed E-state index contributed by atoms with van der Waals surface area (Å²) in [7, 11) is -2.97. The summed E-state index contributed by atoms with van der Waals surface area (Å²) >= 11 is 0. The maximum absolute atomic E-state index is 11.6. The maximum Gasteiger partial charge on any atom is 0.191 e. The fourth-order valence-corrected chi connectivity index (χ4v) is 4.75. The van der Waals surface area contributed by atoms with Crippen LogP contribution in [0.5, 0.6) is 0 Å². The van der Waals surface area contributed by atoms with Gasteiger partial charge in [-0.25, -0.2) is 13.4 Å². The Kier molecular flexibility index (Phi) is 7.18. The minimum absolute atomic E-state index is 0. The fraction of sp³-hybridized carbons (Fsp3) is 0.526. The number of hydrogen-bond acceptors (Lipinski definition) is 4. The van der Waals surface area contributed by atoms with Crippen LogP contribution < -0.4 is 10.6 Å². The molecule has 0 bridgehead atoms. The number of fused-ring (bicyclic) bond motifs is 1. The first-order valence-corrected chi connectivity index (χ1v) is 11.0. The Bertz CT molecular complexity index is 917. The first kappa shape index (κ1) is 22.0. The number of para-hydroxylation sites is 1. The molecule has 6 nitrogen and oxygen atoms in total. The van der Waals surface area contributed by atoms with E-state index in [1.165, 1.54) is 6.26 Å². The van der Waals surface area contributed by atoms with Crippen molar-refractivity contribution < 1.29 is 12.8 Å². The van der Waals surface area contributed by atoms with Gasteiger partial charge in [-0.15, -0.1) is 24.0 Å². The zero-order valence-corrected chi connectivity index (χ0v) is 19.2. The largest absolute Gasteiger partial charge is 0.459 e. The molecule has 2 N–H and O–H groups in total. The Morgan fingerprint density at radius 3 is 2.56 bits per heavy atom. The van der Waals surface area contributed by atoms with Gasteiger partial charge < -0.3 is 15.1 Å². The van der Waals surface area contributed by atoms with E-state index in [9.17, 15) is 8.42 Å². The molecule has 150 valence electrons. The summed E-state index contributed by atoms with van der Waals surface area (Å²) in [6.07, 6.45) is 3.18. The number of hydrogen-bond donors (Lipinski definition) is 2. The molecule has 3 rings (SSSR count). The van der Waals surface area contributed by atoms with Gasteiger partial charge in [-0.05, 0) is 32.8 Å². The van der Waals surface area contributed by atoms with E-state index in [2.05, 4.69) is 15.6 Å². The number of furan rings is 1. The van der Waals surface area contributed by atoms with E-state index in [0.717, 1.165) is 41.7 Å². The topological polar surface area (TPSA) is 83.7 Å². The first-order valence-electron chi connectivity index (χ1n) is 8.99. The zero-order valence-electron chi connectivity index (χ0n) is 16.0. The average Bonchev–Trinajstić information content (AvgIpc) is 3.25. The van der Waals surface area contributed by atoms with Crippen LogP contribution in [-0.2, 0) is 16.4 Å². The van der Waals surface area contributed by atoms with Crippen molar-refractivity contribution in [3.8, 4) is 0 Å². The van der Waals surface area contributed by atoms with Gasteiger partial charge in [0.15, 0.2) is 5.96 Å². The number of sulfone groups is 1. The van der Waals surface area contributed by atoms with Gasteiger partial charge in [0.2, 0.25) is 0 Å². The molecular weight excluding hydrogens is 477 g/mol. The number of nitrogens with zero attached hydrogens (tertiary/aromatic N) is 1. The van der Waals surface area contributed by atoms with Crippen LogP contribution in [0.3, 0.4) is 0 Å². The molecule has 1 aliphatic carbocycles. The second-order valence-corrected chi connectivity index (χ2v) is 9.41. The molecule has 1 saturated carbocycles. The van der Waals surface area contributed by atoms with Crippen molar-refractivity contribution in [2.75, 3.05) is 25.1 Å². The quantitative estimate of drug-likeness (QED) is 0.343. The van der Waals surface area contributed by atoms with Gasteiger partial charge in [-0.3, -0.25) is 0 Å². The monoisotopic (exact) mass is 505 g/mol. The number of aliphatic imine (C=N–C) groups is 1. The normalized spacial score (nSPS) is 16.0. The number of aryl methyl sites for hydroxylation is 1. The van der Waals surface area contributed by atoms with E-state index >= 15 is 0 Å². The highest BCUT2D eigenvalue weighted by atomic mass is 127. The Balaban J connectivity index is 0.00000261. The summed E-state index contributed by atoms with van der Waals surface area (Å²) in [5.74, 6) is 1.77. The Labute approximate surface area is 178 Å². The molecule has 0 atom stereocenters. The van der Waals surface area contributed by atoms with Gasteiger partial charge in [-0.1, -0.05) is 18.2 Å². The van der Waals surface area contributed by atoms with E-state index in [-0.39, 0.29) is 35.1 Å². The summed E-state index contributed by atoms with van der Waals surface area (Å²) in [6.45, 7) is 5.85. The lowest BCUT2D eigenvalue weighted by molar-refractivity contribution is 0.526. The third-order valence-corrected chi connectivity index (χ3v) is 5.96. The van der Waals surface area contributed by atoms with Gasteiger partial charge in [0, 0.05) is 35.7 Å². The van der Waals surface area contributed by atoms with Crippen LogP contribution in [0.25, 0.3) is 11.0 Å². The molecule has 27 heavy (non-hydrogen) atoms. The lowest BCUT2D eigenvalue weighted by atomic mass is 10.1. The molecule has 0 aliphatic heterocycles.